The van der Waals surface area contributed by atoms with Crippen LogP contribution in [0.15, 0.2) is 84.0 Å². The summed E-state index contributed by atoms with van der Waals surface area (Å²) in [5.41, 5.74) is 2.82. The Morgan fingerprint density at radius 1 is 0.882 bits per heavy atom. The van der Waals surface area contributed by atoms with E-state index >= 15 is 0 Å². The van der Waals surface area contributed by atoms with Gasteiger partial charge in [-0.3, -0.25) is 9.78 Å². The Kier molecular flexibility index (Phi) is 6.03. The second kappa shape index (κ2) is 9.13. The van der Waals surface area contributed by atoms with Crippen LogP contribution in [0.25, 0.3) is 22.2 Å². The van der Waals surface area contributed by atoms with Crippen molar-refractivity contribution in [1.29, 1.82) is 0 Å². The Morgan fingerprint density at radius 2 is 1.62 bits per heavy atom. The van der Waals surface area contributed by atoms with Crippen LogP contribution < -0.4 is 0 Å². The highest BCUT2D eigenvalue weighted by molar-refractivity contribution is 7.89. The Balaban J connectivity index is 1.41. The number of hydrogen-bond acceptors (Lipinski definition) is 5. The van der Waals surface area contributed by atoms with Crippen molar-refractivity contribution in [3.8, 4) is 11.3 Å². The summed E-state index contributed by atoms with van der Waals surface area (Å²) >= 11 is 5.98. The lowest BCUT2D eigenvalue weighted by Gasteiger charge is -2.34. The molecule has 5 rings (SSSR count). The van der Waals surface area contributed by atoms with Gasteiger partial charge in [0.1, 0.15) is 0 Å². The van der Waals surface area contributed by atoms with Gasteiger partial charge in [-0.05, 0) is 42.5 Å². The number of amides is 1. The van der Waals surface area contributed by atoms with E-state index in [-0.39, 0.29) is 23.9 Å². The van der Waals surface area contributed by atoms with Crippen LogP contribution in [0.4, 0.5) is 0 Å². The molecule has 0 N–H and O–H groups in total. The molecule has 0 atom stereocenters. The van der Waals surface area contributed by atoms with Crippen molar-refractivity contribution in [2.75, 3.05) is 26.2 Å². The molecule has 9 heteroatoms. The minimum atomic E-state index is -3.68. The van der Waals surface area contributed by atoms with Crippen LogP contribution in [0, 0.1) is 0 Å². The number of hydrogen-bond donors (Lipinski definition) is 0. The summed E-state index contributed by atoms with van der Waals surface area (Å²) in [6.07, 6.45) is 3.38. The van der Waals surface area contributed by atoms with Gasteiger partial charge in [-0.1, -0.05) is 35.9 Å². The number of benzene rings is 2. The van der Waals surface area contributed by atoms with E-state index in [0.717, 1.165) is 16.5 Å². The first-order chi connectivity index (χ1) is 16.4. The van der Waals surface area contributed by atoms with E-state index in [9.17, 15) is 13.2 Å². The number of pyridine rings is 2. The predicted molar refractivity (Wildman–Crippen MR) is 131 cm³/mol. The topological polar surface area (TPSA) is 83.5 Å². The first-order valence-corrected chi connectivity index (χ1v) is 12.6. The van der Waals surface area contributed by atoms with E-state index < -0.39 is 10.0 Å². The third-order valence-electron chi connectivity index (χ3n) is 5.88. The molecule has 4 aromatic rings. The van der Waals surface area contributed by atoms with Gasteiger partial charge in [0.05, 0.1) is 21.7 Å². The standard InChI is InChI=1S/C25H21ClN4O3S/c26-19-4-3-5-20(16-19)34(32,33)30-14-12-29(13-15-30)25(31)22-17-24(18-8-10-27-11-9-18)28-23-7-2-1-6-21(22)23/h1-11,16-17H,12-15H2. The summed E-state index contributed by atoms with van der Waals surface area (Å²) in [4.78, 5) is 24.2. The molecule has 2 aromatic heterocycles. The lowest BCUT2D eigenvalue weighted by Crippen LogP contribution is -2.50. The highest BCUT2D eigenvalue weighted by atomic mass is 35.5. The van der Waals surface area contributed by atoms with Crippen LogP contribution in [0.1, 0.15) is 10.4 Å². The molecule has 1 aliphatic rings. The van der Waals surface area contributed by atoms with E-state index in [1.54, 1.807) is 35.5 Å². The summed E-state index contributed by atoms with van der Waals surface area (Å²) in [6.45, 7) is 1.00. The van der Waals surface area contributed by atoms with Crippen LogP contribution >= 0.6 is 11.6 Å². The maximum atomic E-state index is 13.6. The molecule has 0 radical (unpaired) electrons. The van der Waals surface area contributed by atoms with E-state index in [1.807, 2.05) is 36.4 Å². The SMILES string of the molecule is O=C(c1cc(-c2ccncc2)nc2ccccc12)N1CCN(S(=O)(=O)c2cccc(Cl)c2)CC1. The molecular weight excluding hydrogens is 472 g/mol. The molecule has 0 bridgehead atoms. The number of piperazine rings is 1. The zero-order chi connectivity index (χ0) is 23.7. The Morgan fingerprint density at radius 3 is 2.35 bits per heavy atom. The highest BCUT2D eigenvalue weighted by Crippen LogP contribution is 2.27. The average Bonchev–Trinajstić information content (AvgIpc) is 2.88. The number of carbonyl (C=O) groups excluding carboxylic acids is 1. The Hall–Kier alpha value is -3.33. The molecule has 1 fully saturated rings. The second-order valence-electron chi connectivity index (χ2n) is 7.96. The zero-order valence-electron chi connectivity index (χ0n) is 18.1. The molecule has 1 aliphatic heterocycles. The number of rotatable bonds is 4. The number of nitrogens with zero attached hydrogens (tertiary/aromatic N) is 4. The largest absolute Gasteiger partial charge is 0.336 e. The highest BCUT2D eigenvalue weighted by Gasteiger charge is 2.31. The van der Waals surface area contributed by atoms with E-state index in [0.29, 0.717) is 29.4 Å². The fourth-order valence-corrected chi connectivity index (χ4v) is 5.82. The molecule has 3 heterocycles. The van der Waals surface area contributed by atoms with Crippen LogP contribution in [-0.2, 0) is 10.0 Å². The number of fused-ring (bicyclic) bond motifs is 1. The van der Waals surface area contributed by atoms with E-state index in [2.05, 4.69) is 4.98 Å². The van der Waals surface area contributed by atoms with Gasteiger partial charge in [0.15, 0.2) is 0 Å². The number of para-hydroxylation sites is 1. The Labute approximate surface area is 202 Å². The van der Waals surface area contributed by atoms with Gasteiger partial charge in [0.2, 0.25) is 10.0 Å². The van der Waals surface area contributed by atoms with Crippen molar-refractivity contribution in [2.24, 2.45) is 0 Å². The van der Waals surface area contributed by atoms with Crippen LogP contribution in [-0.4, -0.2) is 59.7 Å². The van der Waals surface area contributed by atoms with E-state index in [1.165, 1.54) is 16.4 Å². The average molecular weight is 493 g/mol. The predicted octanol–water partition coefficient (Wildman–Crippen LogP) is 4.10. The monoisotopic (exact) mass is 492 g/mol. The molecule has 0 aliphatic carbocycles. The van der Waals surface area contributed by atoms with Gasteiger partial charge in [-0.15, -0.1) is 0 Å². The first kappa shape index (κ1) is 22.5. The molecule has 0 unspecified atom stereocenters. The maximum Gasteiger partial charge on any atom is 0.254 e. The van der Waals surface area contributed by atoms with Crippen molar-refractivity contribution < 1.29 is 13.2 Å². The molecular formula is C25H21ClN4O3S. The van der Waals surface area contributed by atoms with Crippen LogP contribution in [0.3, 0.4) is 0 Å². The van der Waals surface area contributed by atoms with Crippen molar-refractivity contribution in [3.05, 3.63) is 89.7 Å². The minimum absolute atomic E-state index is 0.145. The van der Waals surface area contributed by atoms with Crippen molar-refractivity contribution in [1.82, 2.24) is 19.2 Å². The van der Waals surface area contributed by atoms with Crippen molar-refractivity contribution in [3.63, 3.8) is 0 Å². The quantitative estimate of drug-likeness (QED) is 0.428. The normalized spacial score (nSPS) is 14.9. The van der Waals surface area contributed by atoms with Gasteiger partial charge < -0.3 is 4.90 Å². The lowest BCUT2D eigenvalue weighted by atomic mass is 10.0. The molecule has 1 saturated heterocycles. The smallest absolute Gasteiger partial charge is 0.254 e. The van der Waals surface area contributed by atoms with Crippen LogP contribution in [0.5, 0.6) is 0 Å². The maximum absolute atomic E-state index is 13.6. The minimum Gasteiger partial charge on any atom is -0.336 e. The lowest BCUT2D eigenvalue weighted by molar-refractivity contribution is 0.0700. The summed E-state index contributed by atoms with van der Waals surface area (Å²) in [5, 5.41) is 1.13. The summed E-state index contributed by atoms with van der Waals surface area (Å²) in [5.74, 6) is -0.145. The van der Waals surface area contributed by atoms with Gasteiger partial charge in [0, 0.05) is 54.5 Å². The van der Waals surface area contributed by atoms with Gasteiger partial charge in [-0.25, -0.2) is 13.4 Å². The second-order valence-corrected chi connectivity index (χ2v) is 10.3. The molecule has 1 amide bonds. The number of halogens is 1. The Bertz CT molecular complexity index is 1470. The summed E-state index contributed by atoms with van der Waals surface area (Å²) in [7, 11) is -3.68. The van der Waals surface area contributed by atoms with Gasteiger partial charge >= 0.3 is 0 Å². The third-order valence-corrected chi connectivity index (χ3v) is 8.01. The molecule has 0 spiro atoms. The number of sulfonamides is 1. The van der Waals surface area contributed by atoms with Crippen molar-refractivity contribution >= 4 is 38.4 Å². The molecule has 7 nitrogen and oxygen atoms in total. The number of carbonyl (C=O) groups is 1. The summed E-state index contributed by atoms with van der Waals surface area (Å²) in [6, 6.07) is 19.3. The van der Waals surface area contributed by atoms with Crippen molar-refractivity contribution in [2.45, 2.75) is 4.90 Å². The third kappa shape index (κ3) is 4.27. The number of aromatic nitrogens is 2. The van der Waals surface area contributed by atoms with E-state index in [4.69, 9.17) is 16.6 Å². The fourth-order valence-electron chi connectivity index (χ4n) is 4.10. The molecule has 0 saturated carbocycles. The molecule has 34 heavy (non-hydrogen) atoms. The fraction of sp³-hybridized carbons (Fsp3) is 0.160. The van der Waals surface area contributed by atoms with Gasteiger partial charge in [0.25, 0.3) is 5.91 Å². The molecule has 172 valence electrons. The van der Waals surface area contributed by atoms with Gasteiger partial charge in [-0.2, -0.15) is 4.31 Å². The van der Waals surface area contributed by atoms with Crippen LogP contribution in [0.2, 0.25) is 5.02 Å². The zero-order valence-corrected chi connectivity index (χ0v) is 19.7. The molecule has 2 aromatic carbocycles. The summed E-state index contributed by atoms with van der Waals surface area (Å²) < 4.78 is 27.4. The first-order valence-electron chi connectivity index (χ1n) is 10.8.